The Balaban J connectivity index is 5.52. The summed E-state index contributed by atoms with van der Waals surface area (Å²) in [4.78, 5) is 11.6. The highest BCUT2D eigenvalue weighted by Gasteiger charge is 2.44. The van der Waals surface area contributed by atoms with Crippen molar-refractivity contribution in [2.24, 2.45) is 17.8 Å². The van der Waals surface area contributed by atoms with Crippen molar-refractivity contribution in [2.75, 3.05) is 0 Å². The largest absolute Gasteiger partial charge is 0.481 e. The second-order valence-electron chi connectivity index (χ2n) is 8.30. The molecule has 140 valence electrons. The first-order chi connectivity index (χ1) is 10.8. The van der Waals surface area contributed by atoms with Gasteiger partial charge in [-0.15, -0.1) is 0 Å². The maximum Gasteiger partial charge on any atom is 0.308 e. The lowest BCUT2D eigenvalue weighted by Gasteiger charge is -2.43. The van der Waals surface area contributed by atoms with E-state index >= 15 is 0 Å². The van der Waals surface area contributed by atoms with Gasteiger partial charge in [-0.05, 0) is 25.1 Å². The third-order valence-electron chi connectivity index (χ3n) is 5.27. The zero-order valence-corrected chi connectivity index (χ0v) is 17.5. The average Bonchev–Trinajstić information content (AvgIpc) is 2.46. The van der Waals surface area contributed by atoms with Crippen LogP contribution >= 0.6 is 0 Å². The van der Waals surface area contributed by atoms with E-state index in [2.05, 4.69) is 40.4 Å². The van der Waals surface area contributed by atoms with Gasteiger partial charge in [0, 0.05) is 11.8 Å². The van der Waals surface area contributed by atoms with Crippen LogP contribution in [0.2, 0.25) is 18.1 Å². The lowest BCUT2D eigenvalue weighted by atomic mass is 9.84. The number of hydrogen-bond acceptors (Lipinski definition) is 3. The van der Waals surface area contributed by atoms with Crippen LogP contribution in [0.4, 0.5) is 0 Å². The number of rotatable bonds is 9. The molecule has 0 radical (unpaired) electrons. The third kappa shape index (κ3) is 6.19. The van der Waals surface area contributed by atoms with Crippen LogP contribution in [-0.2, 0) is 9.22 Å². The van der Waals surface area contributed by atoms with Crippen LogP contribution in [0.25, 0.3) is 0 Å². The quantitative estimate of drug-likeness (QED) is 0.472. The van der Waals surface area contributed by atoms with E-state index < -0.39 is 32.4 Å². The minimum atomic E-state index is -2.15. The molecule has 0 saturated carbocycles. The molecule has 0 aromatic carbocycles. The fourth-order valence-corrected chi connectivity index (χ4v) is 3.82. The topological polar surface area (TPSA) is 66.8 Å². The van der Waals surface area contributed by atoms with Crippen molar-refractivity contribution in [3.8, 4) is 0 Å². The van der Waals surface area contributed by atoms with Crippen LogP contribution in [0.15, 0.2) is 24.8 Å². The molecule has 0 unspecified atom stereocenters. The van der Waals surface area contributed by atoms with Gasteiger partial charge in [0.15, 0.2) is 8.32 Å². The molecule has 0 aliphatic carbocycles. The summed E-state index contributed by atoms with van der Waals surface area (Å²) in [6.45, 7) is 19.7. The molecule has 0 aromatic heterocycles. The van der Waals surface area contributed by atoms with Crippen molar-refractivity contribution in [3.05, 3.63) is 24.8 Å². The molecule has 0 spiro atoms. The Hall–Kier alpha value is -0.913. The maximum absolute atomic E-state index is 11.6. The van der Waals surface area contributed by atoms with Gasteiger partial charge in [-0.1, -0.05) is 59.4 Å². The molecule has 0 aliphatic rings. The second kappa shape index (κ2) is 8.97. The number of aliphatic hydroxyl groups is 1. The number of carboxylic acid groups (broad SMARTS) is 1. The standard InChI is InChI=1S/C19H36O4Si/c1-10-11-12-13(2)16(20)14(3)17(15(4)18(21)22)23-24(8,9)19(5,6)7/h10-17,20H,1H2,2-9H3,(H,21,22)/b12-11-/t13-,14+,15+,16-,17-/m0/s1. The van der Waals surface area contributed by atoms with E-state index in [1.807, 2.05) is 19.9 Å². The molecule has 5 heteroatoms. The molecular weight excluding hydrogens is 320 g/mol. The van der Waals surface area contributed by atoms with E-state index in [0.717, 1.165) is 0 Å². The normalized spacial score (nSPS) is 19.5. The molecule has 0 heterocycles. The average molecular weight is 357 g/mol. The van der Waals surface area contributed by atoms with E-state index in [1.54, 1.807) is 19.1 Å². The van der Waals surface area contributed by atoms with Crippen molar-refractivity contribution < 1.29 is 19.4 Å². The monoisotopic (exact) mass is 356 g/mol. The lowest BCUT2D eigenvalue weighted by molar-refractivity contribution is -0.146. The van der Waals surface area contributed by atoms with Gasteiger partial charge >= 0.3 is 5.97 Å². The summed E-state index contributed by atoms with van der Waals surface area (Å²) < 4.78 is 6.42. The van der Waals surface area contributed by atoms with Crippen LogP contribution in [0.3, 0.4) is 0 Å². The predicted octanol–water partition coefficient (Wildman–Crippen LogP) is 4.47. The van der Waals surface area contributed by atoms with Crippen LogP contribution in [0.1, 0.15) is 41.5 Å². The van der Waals surface area contributed by atoms with Gasteiger partial charge in [0.25, 0.3) is 0 Å². The molecule has 0 rings (SSSR count). The second-order valence-corrected chi connectivity index (χ2v) is 13.1. The molecule has 5 atom stereocenters. The highest BCUT2D eigenvalue weighted by Crippen LogP contribution is 2.40. The lowest BCUT2D eigenvalue weighted by Crippen LogP contribution is -2.51. The van der Waals surface area contributed by atoms with E-state index in [-0.39, 0.29) is 16.9 Å². The van der Waals surface area contributed by atoms with E-state index in [1.165, 1.54) is 0 Å². The van der Waals surface area contributed by atoms with Gasteiger partial charge in [-0.25, -0.2) is 0 Å². The Morgan fingerprint density at radius 3 is 2.08 bits per heavy atom. The van der Waals surface area contributed by atoms with E-state index in [4.69, 9.17) is 4.43 Å². The minimum absolute atomic E-state index is 0.0253. The highest BCUT2D eigenvalue weighted by molar-refractivity contribution is 6.74. The Morgan fingerprint density at radius 2 is 1.71 bits per heavy atom. The van der Waals surface area contributed by atoms with Gasteiger partial charge in [0.2, 0.25) is 0 Å². The van der Waals surface area contributed by atoms with Gasteiger partial charge in [0.05, 0.1) is 18.1 Å². The predicted molar refractivity (Wildman–Crippen MR) is 103 cm³/mol. The minimum Gasteiger partial charge on any atom is -0.481 e. The van der Waals surface area contributed by atoms with Gasteiger partial charge in [-0.3, -0.25) is 4.79 Å². The van der Waals surface area contributed by atoms with Crippen LogP contribution < -0.4 is 0 Å². The number of carboxylic acids is 1. The molecule has 0 aromatic rings. The first-order valence-electron chi connectivity index (χ1n) is 8.64. The molecule has 0 amide bonds. The van der Waals surface area contributed by atoms with Gasteiger partial charge in [-0.2, -0.15) is 0 Å². The maximum atomic E-state index is 11.6. The first-order valence-corrected chi connectivity index (χ1v) is 11.5. The molecule has 0 aliphatic heterocycles. The molecule has 0 saturated heterocycles. The smallest absolute Gasteiger partial charge is 0.308 e. The fraction of sp³-hybridized carbons (Fsp3) is 0.737. The van der Waals surface area contributed by atoms with Crippen LogP contribution in [0, 0.1) is 17.8 Å². The summed E-state index contributed by atoms with van der Waals surface area (Å²) in [5, 5.41) is 20.1. The summed E-state index contributed by atoms with van der Waals surface area (Å²) in [5.41, 5.74) is 0. The van der Waals surface area contributed by atoms with Crippen molar-refractivity contribution in [1.82, 2.24) is 0 Å². The Kier molecular flexibility index (Phi) is 8.63. The Bertz CT molecular complexity index is 451. The van der Waals surface area contributed by atoms with E-state index in [0.29, 0.717) is 0 Å². The summed E-state index contributed by atoms with van der Waals surface area (Å²) in [6, 6.07) is 0. The summed E-state index contributed by atoms with van der Waals surface area (Å²) >= 11 is 0. The number of hydrogen-bond donors (Lipinski definition) is 2. The van der Waals surface area contributed by atoms with Crippen molar-refractivity contribution in [1.29, 1.82) is 0 Å². The number of aliphatic hydroxyl groups excluding tert-OH is 1. The molecular formula is C19H36O4Si. The summed E-state index contributed by atoms with van der Waals surface area (Å²) in [6.07, 6.45) is 4.13. The fourth-order valence-electron chi connectivity index (χ4n) is 2.36. The summed E-state index contributed by atoms with van der Waals surface area (Å²) in [5.74, 6) is -1.98. The molecule has 4 nitrogen and oxygen atoms in total. The van der Waals surface area contributed by atoms with Crippen molar-refractivity contribution >= 4 is 14.3 Å². The number of aliphatic carboxylic acids is 1. The zero-order chi connectivity index (χ0) is 19.3. The number of carbonyl (C=O) groups is 1. The van der Waals surface area contributed by atoms with Crippen molar-refractivity contribution in [3.63, 3.8) is 0 Å². The van der Waals surface area contributed by atoms with E-state index in [9.17, 15) is 15.0 Å². The highest BCUT2D eigenvalue weighted by atomic mass is 28.4. The number of allylic oxidation sites excluding steroid dienone is 2. The Morgan fingerprint density at radius 1 is 1.21 bits per heavy atom. The van der Waals surface area contributed by atoms with Gasteiger partial charge < -0.3 is 14.6 Å². The van der Waals surface area contributed by atoms with Gasteiger partial charge in [0.1, 0.15) is 0 Å². The molecule has 0 fully saturated rings. The molecule has 0 bridgehead atoms. The van der Waals surface area contributed by atoms with Crippen LogP contribution in [0.5, 0.6) is 0 Å². The molecule has 24 heavy (non-hydrogen) atoms. The Labute approximate surface area is 148 Å². The third-order valence-corrected chi connectivity index (χ3v) is 9.74. The van der Waals surface area contributed by atoms with Crippen LogP contribution in [-0.4, -0.2) is 36.7 Å². The van der Waals surface area contributed by atoms with Crippen molar-refractivity contribution in [2.45, 2.75) is 71.9 Å². The SMILES string of the molecule is C=C/C=C\[C@H](C)[C@H](O)[C@@H](C)[C@H](O[Si](C)(C)C(C)(C)C)[C@@H](C)C(=O)O. The first kappa shape index (κ1) is 23.1. The summed E-state index contributed by atoms with van der Waals surface area (Å²) in [7, 11) is -2.15. The molecule has 2 N–H and O–H groups in total. The zero-order valence-electron chi connectivity index (χ0n) is 16.5.